The van der Waals surface area contributed by atoms with Gasteiger partial charge in [0, 0.05) is 40.8 Å². The Morgan fingerprint density at radius 2 is 1.67 bits per heavy atom. The third kappa shape index (κ3) is 7.18. The minimum absolute atomic E-state index is 0.212. The lowest BCUT2D eigenvalue weighted by Crippen LogP contribution is -2.50. The number of halogens is 1. The molecule has 220 valence electrons. The lowest BCUT2D eigenvalue weighted by molar-refractivity contribution is 0.0510. The van der Waals surface area contributed by atoms with Gasteiger partial charge in [-0.05, 0) is 69.5 Å². The first kappa shape index (κ1) is 30.2. The van der Waals surface area contributed by atoms with Crippen LogP contribution in [0.3, 0.4) is 0 Å². The smallest absolute Gasteiger partial charge is 0.407 e. The fourth-order valence-corrected chi connectivity index (χ4v) is 6.74. The van der Waals surface area contributed by atoms with E-state index in [0.29, 0.717) is 12.3 Å². The molecule has 1 aromatic heterocycles. The Labute approximate surface area is 260 Å². The van der Waals surface area contributed by atoms with Gasteiger partial charge in [0.15, 0.2) is 5.82 Å². The molecule has 2 heterocycles. The Hall–Kier alpha value is -3.30. The minimum Gasteiger partial charge on any atom is -0.496 e. The number of methoxy groups -OCH3 is 1. The molecule has 0 spiro atoms. The van der Waals surface area contributed by atoms with E-state index >= 15 is 0 Å². The lowest BCUT2D eigenvalue weighted by Gasteiger charge is -2.43. The van der Waals surface area contributed by atoms with E-state index in [2.05, 4.69) is 56.5 Å². The second-order valence-corrected chi connectivity index (χ2v) is 13.5. The molecule has 1 fully saturated rings. The van der Waals surface area contributed by atoms with Gasteiger partial charge in [0.1, 0.15) is 16.4 Å². The van der Waals surface area contributed by atoms with Crippen LogP contribution in [0.25, 0.3) is 11.0 Å². The molecule has 0 radical (unpaired) electrons. The van der Waals surface area contributed by atoms with Crippen molar-refractivity contribution in [2.75, 3.05) is 31.6 Å². The van der Waals surface area contributed by atoms with Crippen molar-refractivity contribution in [1.29, 1.82) is 0 Å². The van der Waals surface area contributed by atoms with Gasteiger partial charge >= 0.3 is 6.09 Å². The molecule has 1 amide bonds. The van der Waals surface area contributed by atoms with E-state index in [1.165, 1.54) is 5.56 Å². The van der Waals surface area contributed by atoms with Crippen LogP contribution in [0.2, 0.25) is 0 Å². The number of ether oxygens (including phenoxy) is 2. The second-order valence-electron chi connectivity index (χ2n) is 11.6. The summed E-state index contributed by atoms with van der Waals surface area (Å²) in [4.78, 5) is 25.1. The summed E-state index contributed by atoms with van der Waals surface area (Å²) in [5.41, 5.74) is 3.31. The van der Waals surface area contributed by atoms with Crippen LogP contribution in [-0.2, 0) is 15.9 Å². The zero-order valence-electron chi connectivity index (χ0n) is 24.5. The molecule has 0 aliphatic carbocycles. The molecular formula is C33H37BrN4O3S. The van der Waals surface area contributed by atoms with Crippen LogP contribution in [0.1, 0.15) is 44.7 Å². The maximum atomic E-state index is 12.6. The molecule has 5 rings (SSSR count). The second kappa shape index (κ2) is 12.9. The molecule has 9 heteroatoms. The van der Waals surface area contributed by atoms with Crippen molar-refractivity contribution in [1.82, 2.24) is 15.3 Å². The van der Waals surface area contributed by atoms with Crippen molar-refractivity contribution >= 4 is 50.6 Å². The monoisotopic (exact) mass is 648 g/mol. The average molecular weight is 650 g/mol. The summed E-state index contributed by atoms with van der Waals surface area (Å²) in [5, 5.41) is 3.96. The molecule has 1 aliphatic rings. The van der Waals surface area contributed by atoms with Crippen molar-refractivity contribution in [2.45, 2.75) is 55.4 Å². The predicted octanol–water partition coefficient (Wildman–Crippen LogP) is 7.76. The third-order valence-electron chi connectivity index (χ3n) is 7.50. The van der Waals surface area contributed by atoms with Gasteiger partial charge in [-0.25, -0.2) is 14.8 Å². The van der Waals surface area contributed by atoms with Gasteiger partial charge in [-0.2, -0.15) is 0 Å². The number of thioether (sulfide) groups is 1. The number of para-hydroxylation sites is 2. The summed E-state index contributed by atoms with van der Waals surface area (Å²) in [6.07, 6.45) is 1.32. The summed E-state index contributed by atoms with van der Waals surface area (Å²) < 4.78 is 12.2. The first-order chi connectivity index (χ1) is 20.2. The van der Waals surface area contributed by atoms with Crippen molar-refractivity contribution in [3.8, 4) is 5.75 Å². The number of nitrogens with zero attached hydrogens (tertiary/aromatic N) is 3. The number of benzene rings is 3. The largest absolute Gasteiger partial charge is 0.496 e. The highest BCUT2D eigenvalue weighted by Gasteiger charge is 2.38. The Morgan fingerprint density at radius 1 is 1.00 bits per heavy atom. The minimum atomic E-state index is -0.546. The van der Waals surface area contributed by atoms with Crippen LogP contribution in [0.15, 0.2) is 82.3 Å². The van der Waals surface area contributed by atoms with Crippen molar-refractivity contribution in [3.05, 3.63) is 88.4 Å². The number of anilines is 1. The van der Waals surface area contributed by atoms with Gasteiger partial charge in [0.25, 0.3) is 0 Å². The molecule has 7 nitrogen and oxygen atoms in total. The van der Waals surface area contributed by atoms with Crippen molar-refractivity contribution < 1.29 is 14.3 Å². The number of alkyl carbamates (subject to hydrolysis) is 1. The Kier molecular flexibility index (Phi) is 9.28. The first-order valence-corrected chi connectivity index (χ1v) is 15.9. The summed E-state index contributed by atoms with van der Waals surface area (Å²) in [7, 11) is 1.70. The van der Waals surface area contributed by atoms with Gasteiger partial charge in [0.2, 0.25) is 0 Å². The number of carbonyl (C=O) groups excluding carboxylic acids is 1. The van der Waals surface area contributed by atoms with Crippen LogP contribution in [0, 0.1) is 0 Å². The Balaban J connectivity index is 1.40. The molecule has 3 aromatic carbocycles. The molecule has 0 bridgehead atoms. The Morgan fingerprint density at radius 3 is 2.33 bits per heavy atom. The molecule has 1 saturated heterocycles. The number of aromatic nitrogens is 2. The van der Waals surface area contributed by atoms with Gasteiger partial charge in [-0.1, -0.05) is 70.2 Å². The lowest BCUT2D eigenvalue weighted by atomic mass is 9.72. The first-order valence-electron chi connectivity index (χ1n) is 14.2. The summed E-state index contributed by atoms with van der Waals surface area (Å²) in [5.74, 6) is 2.45. The van der Waals surface area contributed by atoms with Crippen molar-refractivity contribution in [2.24, 2.45) is 0 Å². The van der Waals surface area contributed by atoms with Gasteiger partial charge in [-0.15, -0.1) is 0 Å². The number of hydrogen-bond acceptors (Lipinski definition) is 7. The molecule has 0 saturated carbocycles. The Bertz CT molecular complexity index is 1540. The molecule has 4 aromatic rings. The van der Waals surface area contributed by atoms with Crippen molar-refractivity contribution in [3.63, 3.8) is 0 Å². The van der Waals surface area contributed by atoms with Crippen LogP contribution < -0.4 is 15.0 Å². The van der Waals surface area contributed by atoms with E-state index in [1.54, 1.807) is 18.9 Å². The van der Waals surface area contributed by atoms with E-state index < -0.39 is 5.60 Å². The molecular weight excluding hydrogens is 612 g/mol. The predicted molar refractivity (Wildman–Crippen MR) is 174 cm³/mol. The number of hydrogen-bond donors (Lipinski definition) is 1. The number of amides is 1. The summed E-state index contributed by atoms with van der Waals surface area (Å²) >= 11 is 5.26. The normalized spacial score (nSPS) is 14.9. The third-order valence-corrected chi connectivity index (χ3v) is 9.00. The summed E-state index contributed by atoms with van der Waals surface area (Å²) in [6, 6.07) is 24.6. The van der Waals surface area contributed by atoms with E-state index in [4.69, 9.17) is 19.4 Å². The quantitative estimate of drug-likeness (QED) is 0.196. The number of fused-ring (bicyclic) bond motifs is 1. The molecule has 1 aliphatic heterocycles. The van der Waals surface area contributed by atoms with Gasteiger partial charge in [-0.3, -0.25) is 0 Å². The van der Waals surface area contributed by atoms with E-state index in [0.717, 1.165) is 63.6 Å². The number of nitrogens with one attached hydrogen (secondary N) is 1. The molecule has 0 atom stereocenters. The number of carbonyl (C=O) groups is 1. The van der Waals surface area contributed by atoms with Crippen LogP contribution in [-0.4, -0.2) is 48.4 Å². The van der Waals surface area contributed by atoms with E-state index in [-0.39, 0.29) is 11.5 Å². The topological polar surface area (TPSA) is 76.6 Å². The van der Waals surface area contributed by atoms with Gasteiger partial charge < -0.3 is 19.7 Å². The van der Waals surface area contributed by atoms with E-state index in [9.17, 15) is 4.79 Å². The fraction of sp³-hybridized carbons (Fsp3) is 0.364. The zero-order chi connectivity index (χ0) is 29.7. The fourth-order valence-electron chi connectivity index (χ4n) is 5.34. The molecule has 0 unspecified atom stereocenters. The van der Waals surface area contributed by atoms with Crippen LogP contribution >= 0.6 is 27.7 Å². The number of rotatable bonds is 8. The van der Waals surface area contributed by atoms with Crippen LogP contribution in [0.5, 0.6) is 5.75 Å². The zero-order valence-corrected chi connectivity index (χ0v) is 26.9. The number of piperidine rings is 1. The van der Waals surface area contributed by atoms with E-state index in [1.807, 2.05) is 63.2 Å². The highest BCUT2D eigenvalue weighted by atomic mass is 79.9. The summed E-state index contributed by atoms with van der Waals surface area (Å²) in [6.45, 7) is 7.71. The maximum absolute atomic E-state index is 12.6. The highest BCUT2D eigenvalue weighted by Crippen LogP contribution is 2.40. The standard InChI is InChI=1S/C33H37BrN4O3S/c1-32(2,3)41-31(39)35-22-33(24-10-6-5-7-11-24)16-18-38(19-17-33)29-30(37-27-13-9-8-12-26(27)36-29)42-21-23-20-25(34)14-15-28(23)40-4/h5-15,20H,16-19,21-22H2,1-4H3,(H,35,39). The molecule has 1 N–H and O–H groups in total. The molecule has 42 heavy (non-hydrogen) atoms. The highest BCUT2D eigenvalue weighted by molar-refractivity contribution is 9.10. The van der Waals surface area contributed by atoms with Gasteiger partial charge in [0.05, 0.1) is 18.1 Å². The maximum Gasteiger partial charge on any atom is 0.407 e. The SMILES string of the molecule is COc1ccc(Br)cc1CSc1nc2ccccc2nc1N1CCC(CNC(=O)OC(C)(C)C)(c2ccccc2)CC1. The van der Waals surface area contributed by atoms with Crippen LogP contribution in [0.4, 0.5) is 10.6 Å². The average Bonchev–Trinajstić information content (AvgIpc) is 2.98.